The number of thiazole rings is 1. The van der Waals surface area contributed by atoms with Gasteiger partial charge in [0.1, 0.15) is 23.4 Å². The summed E-state index contributed by atoms with van der Waals surface area (Å²) in [5, 5.41) is 10.6. The monoisotopic (exact) mass is 488 g/mol. The first kappa shape index (κ1) is 23.8. The average Bonchev–Trinajstić information content (AvgIpc) is 3.38. The molecule has 1 atom stereocenters. The van der Waals surface area contributed by atoms with Crippen LogP contribution in [-0.4, -0.2) is 20.6 Å². The van der Waals surface area contributed by atoms with E-state index >= 15 is 0 Å². The van der Waals surface area contributed by atoms with E-state index in [-0.39, 0.29) is 18.6 Å². The van der Waals surface area contributed by atoms with Crippen molar-refractivity contribution >= 4 is 28.2 Å². The van der Waals surface area contributed by atoms with E-state index in [2.05, 4.69) is 0 Å². The highest BCUT2D eigenvalue weighted by molar-refractivity contribution is 7.15. The Hall–Kier alpha value is -3.33. The maximum absolute atomic E-state index is 12.9. The third-order valence-electron chi connectivity index (χ3n) is 5.42. The van der Waals surface area contributed by atoms with Crippen molar-refractivity contribution in [1.82, 2.24) is 9.55 Å². The Morgan fingerprint density at radius 2 is 1.82 bits per heavy atom. The van der Waals surface area contributed by atoms with Crippen molar-refractivity contribution < 1.29 is 27.8 Å². The molecule has 0 aliphatic heterocycles. The summed E-state index contributed by atoms with van der Waals surface area (Å²) in [5.74, 6) is -0.179. The van der Waals surface area contributed by atoms with Crippen molar-refractivity contribution in [3.8, 4) is 16.3 Å². The summed E-state index contributed by atoms with van der Waals surface area (Å²) in [6.45, 7) is 5.82. The van der Waals surface area contributed by atoms with Crippen LogP contribution in [0.15, 0.2) is 54.7 Å². The number of aromatic nitrogens is 2. The van der Waals surface area contributed by atoms with Gasteiger partial charge in [0, 0.05) is 22.7 Å². The molecule has 4 aromatic rings. The largest absolute Gasteiger partial charge is 0.485 e. The minimum Gasteiger partial charge on any atom is -0.485 e. The van der Waals surface area contributed by atoms with Gasteiger partial charge in [0.25, 0.3) is 0 Å². The number of hydrogen-bond donors (Lipinski definition) is 1. The lowest BCUT2D eigenvalue weighted by molar-refractivity contribution is -0.138. The number of carboxylic acids is 1. The lowest BCUT2D eigenvalue weighted by Gasteiger charge is -2.16. The number of alkyl halides is 3. The number of halogens is 3. The quantitative estimate of drug-likeness (QED) is 0.301. The summed E-state index contributed by atoms with van der Waals surface area (Å²) in [7, 11) is 0. The molecule has 0 saturated heterocycles. The molecule has 0 bridgehead atoms. The van der Waals surface area contributed by atoms with E-state index in [1.165, 1.54) is 23.5 Å². The van der Waals surface area contributed by atoms with Crippen LogP contribution in [0.4, 0.5) is 13.2 Å². The smallest absolute Gasteiger partial charge is 0.416 e. The summed E-state index contributed by atoms with van der Waals surface area (Å²) in [4.78, 5) is 16.7. The number of benzene rings is 2. The second-order valence-electron chi connectivity index (χ2n) is 8.32. The molecule has 0 fully saturated rings. The Bertz CT molecular complexity index is 1320. The molecule has 4 rings (SSSR count). The van der Waals surface area contributed by atoms with Gasteiger partial charge in [0.2, 0.25) is 0 Å². The number of carbonyl (C=O) groups is 1. The molecular weight excluding hydrogens is 465 g/mol. The highest BCUT2D eigenvalue weighted by Crippen LogP contribution is 2.38. The zero-order chi connectivity index (χ0) is 24.6. The average molecular weight is 489 g/mol. The fourth-order valence-electron chi connectivity index (χ4n) is 3.77. The minimum absolute atomic E-state index is 0.105. The van der Waals surface area contributed by atoms with Gasteiger partial charge in [0.15, 0.2) is 0 Å². The first-order valence-electron chi connectivity index (χ1n) is 10.7. The Morgan fingerprint density at radius 1 is 1.12 bits per heavy atom. The van der Waals surface area contributed by atoms with Gasteiger partial charge in [-0.05, 0) is 49.2 Å². The molecule has 0 amide bonds. The Labute approximate surface area is 198 Å². The topological polar surface area (TPSA) is 64.4 Å². The standard InChI is InChI=1S/C25H23F3N2O3S/c1-14(2)22-23(34-24(29-22)16-4-6-18(7-5-16)25(26,27)28)15(3)33-19-8-9-20-17(12-19)10-11-30(20)13-21(31)32/h4-12,14-15H,13H2,1-3H3,(H,31,32)/t15-/m1/s1. The van der Waals surface area contributed by atoms with E-state index in [1.807, 2.05) is 39.0 Å². The number of rotatable bonds is 7. The highest BCUT2D eigenvalue weighted by atomic mass is 32.1. The van der Waals surface area contributed by atoms with Crippen LogP contribution in [0.3, 0.4) is 0 Å². The molecule has 0 saturated carbocycles. The van der Waals surface area contributed by atoms with E-state index in [0.717, 1.165) is 33.6 Å². The maximum atomic E-state index is 12.9. The molecule has 2 aromatic carbocycles. The third kappa shape index (κ3) is 4.94. The van der Waals surface area contributed by atoms with Crippen LogP contribution in [0.5, 0.6) is 5.75 Å². The Kier molecular flexibility index (Phi) is 6.40. The van der Waals surface area contributed by atoms with Gasteiger partial charge in [-0.15, -0.1) is 11.3 Å². The van der Waals surface area contributed by atoms with E-state index in [1.54, 1.807) is 16.8 Å². The van der Waals surface area contributed by atoms with Crippen molar-refractivity contribution in [2.75, 3.05) is 0 Å². The molecule has 178 valence electrons. The van der Waals surface area contributed by atoms with Crippen LogP contribution in [0.25, 0.3) is 21.5 Å². The SMILES string of the molecule is CC(C)c1nc(-c2ccc(C(F)(F)F)cc2)sc1[C@@H](C)Oc1ccc2c(ccn2CC(=O)O)c1. The van der Waals surface area contributed by atoms with Gasteiger partial charge < -0.3 is 14.4 Å². The predicted octanol–water partition coefficient (Wildman–Crippen LogP) is 7.13. The fourth-order valence-corrected chi connectivity index (χ4v) is 4.97. The van der Waals surface area contributed by atoms with E-state index in [9.17, 15) is 18.0 Å². The lowest BCUT2D eigenvalue weighted by Crippen LogP contribution is -2.07. The third-order valence-corrected chi connectivity index (χ3v) is 6.70. The normalized spacial score (nSPS) is 12.9. The predicted molar refractivity (Wildman–Crippen MR) is 125 cm³/mol. The fraction of sp³-hybridized carbons (Fsp3) is 0.280. The van der Waals surface area contributed by atoms with Crippen LogP contribution in [0.1, 0.15) is 48.9 Å². The molecule has 0 aliphatic carbocycles. The summed E-state index contributed by atoms with van der Waals surface area (Å²) >= 11 is 1.41. The summed E-state index contributed by atoms with van der Waals surface area (Å²) in [6, 6.07) is 12.3. The Morgan fingerprint density at radius 3 is 2.44 bits per heavy atom. The van der Waals surface area contributed by atoms with Crippen molar-refractivity contribution in [3.63, 3.8) is 0 Å². The molecule has 1 N–H and O–H groups in total. The zero-order valence-electron chi connectivity index (χ0n) is 18.8. The van der Waals surface area contributed by atoms with Crippen LogP contribution in [0.2, 0.25) is 0 Å². The van der Waals surface area contributed by atoms with Crippen molar-refractivity contribution in [2.24, 2.45) is 0 Å². The summed E-state index contributed by atoms with van der Waals surface area (Å²) in [6.07, 6.45) is -2.99. The molecule has 34 heavy (non-hydrogen) atoms. The second kappa shape index (κ2) is 9.13. The van der Waals surface area contributed by atoms with Crippen molar-refractivity contribution in [1.29, 1.82) is 0 Å². The van der Waals surface area contributed by atoms with Gasteiger partial charge in [-0.1, -0.05) is 26.0 Å². The molecule has 2 heterocycles. The van der Waals surface area contributed by atoms with Crippen LogP contribution >= 0.6 is 11.3 Å². The number of ether oxygens (including phenoxy) is 1. The first-order valence-corrected chi connectivity index (χ1v) is 11.5. The number of carboxylic acid groups (broad SMARTS) is 1. The van der Waals surface area contributed by atoms with Gasteiger partial charge in [-0.2, -0.15) is 13.2 Å². The summed E-state index contributed by atoms with van der Waals surface area (Å²) in [5.41, 5.74) is 1.58. The van der Waals surface area contributed by atoms with E-state index in [0.29, 0.717) is 16.3 Å². The van der Waals surface area contributed by atoms with Gasteiger partial charge >= 0.3 is 12.1 Å². The molecule has 0 spiro atoms. The molecule has 0 unspecified atom stereocenters. The second-order valence-corrected chi connectivity index (χ2v) is 9.35. The van der Waals surface area contributed by atoms with Crippen LogP contribution < -0.4 is 4.74 Å². The number of aliphatic carboxylic acids is 1. The zero-order valence-corrected chi connectivity index (χ0v) is 19.6. The van der Waals surface area contributed by atoms with Crippen molar-refractivity contribution in [3.05, 3.63) is 70.9 Å². The van der Waals surface area contributed by atoms with Crippen LogP contribution in [-0.2, 0) is 17.5 Å². The van der Waals surface area contributed by atoms with Crippen LogP contribution in [0, 0.1) is 0 Å². The van der Waals surface area contributed by atoms with E-state index < -0.39 is 17.7 Å². The lowest BCUT2D eigenvalue weighted by atomic mass is 10.1. The molecule has 9 heteroatoms. The molecule has 5 nitrogen and oxygen atoms in total. The van der Waals surface area contributed by atoms with E-state index in [4.69, 9.17) is 14.8 Å². The maximum Gasteiger partial charge on any atom is 0.416 e. The number of nitrogens with zero attached hydrogens (tertiary/aromatic N) is 2. The molecule has 0 aliphatic rings. The van der Waals surface area contributed by atoms with Gasteiger partial charge in [-0.25, -0.2) is 4.98 Å². The highest BCUT2D eigenvalue weighted by Gasteiger charge is 2.30. The number of hydrogen-bond acceptors (Lipinski definition) is 4. The molecule has 0 radical (unpaired) electrons. The van der Waals surface area contributed by atoms with Gasteiger partial charge in [-0.3, -0.25) is 4.79 Å². The Balaban J connectivity index is 1.60. The first-order chi connectivity index (χ1) is 16.0. The summed E-state index contributed by atoms with van der Waals surface area (Å²) < 4.78 is 46.6. The van der Waals surface area contributed by atoms with Gasteiger partial charge in [0.05, 0.1) is 16.1 Å². The molecule has 2 aromatic heterocycles. The molecular formula is C25H23F3N2O3S. The number of fused-ring (bicyclic) bond motifs is 1. The minimum atomic E-state index is -4.38. The van der Waals surface area contributed by atoms with Crippen molar-refractivity contribution in [2.45, 2.75) is 45.5 Å².